The molecule has 0 saturated carbocycles. The van der Waals surface area contributed by atoms with Gasteiger partial charge in [-0.15, -0.1) is 10.2 Å². The van der Waals surface area contributed by atoms with Gasteiger partial charge in [0, 0.05) is 18.1 Å². The van der Waals surface area contributed by atoms with Crippen molar-refractivity contribution in [3.05, 3.63) is 29.8 Å². The molecule has 0 radical (unpaired) electrons. The fourth-order valence-electron chi connectivity index (χ4n) is 1.12. The van der Waals surface area contributed by atoms with Gasteiger partial charge >= 0.3 is 0 Å². The molecule has 0 amide bonds. The van der Waals surface area contributed by atoms with Crippen molar-refractivity contribution >= 4 is 11.8 Å². The third-order valence-electron chi connectivity index (χ3n) is 2.11. The van der Waals surface area contributed by atoms with Crippen molar-refractivity contribution in [2.75, 3.05) is 0 Å². The second kappa shape index (κ2) is 4.33. The number of hydrogen-bond donors (Lipinski definition) is 0. The van der Waals surface area contributed by atoms with Crippen LogP contribution in [0.5, 0.6) is 0 Å². The van der Waals surface area contributed by atoms with E-state index in [-0.39, 0.29) is 0 Å². The van der Waals surface area contributed by atoms with Gasteiger partial charge in [-0.1, -0.05) is 0 Å². The van der Waals surface area contributed by atoms with E-state index in [1.807, 2.05) is 30.7 Å². The quantitative estimate of drug-likeness (QED) is 0.784. The third kappa shape index (κ3) is 2.04. The molecule has 0 spiro atoms. The van der Waals surface area contributed by atoms with Crippen molar-refractivity contribution in [3.63, 3.8) is 0 Å². The van der Waals surface area contributed by atoms with Gasteiger partial charge in [0.25, 0.3) is 0 Å². The molecule has 0 aromatic carbocycles. The minimum atomic E-state index is 0.406. The molecule has 80 valence electrons. The fourth-order valence-corrected chi connectivity index (χ4v) is 1.98. The zero-order chi connectivity index (χ0) is 11.5. The molecule has 16 heavy (non-hydrogen) atoms. The van der Waals surface area contributed by atoms with Crippen LogP contribution in [0, 0.1) is 18.3 Å². The van der Waals surface area contributed by atoms with Gasteiger partial charge in [-0.25, -0.2) is 4.98 Å². The molecule has 0 saturated heterocycles. The van der Waals surface area contributed by atoms with Gasteiger partial charge in [0.2, 0.25) is 0 Å². The van der Waals surface area contributed by atoms with Gasteiger partial charge in [0.15, 0.2) is 5.16 Å². The Hall–Kier alpha value is -1.87. The standard InChI is InChI=1S/C10H9N5S/c1-7-13-14-10(15(7)2)16-9-3-4-12-8(5-9)6-11/h3-5H,1-2H3. The average molecular weight is 231 g/mol. The Morgan fingerprint density at radius 1 is 1.44 bits per heavy atom. The van der Waals surface area contributed by atoms with Crippen molar-refractivity contribution in [1.82, 2.24) is 19.7 Å². The van der Waals surface area contributed by atoms with Crippen LogP contribution >= 0.6 is 11.8 Å². The van der Waals surface area contributed by atoms with E-state index in [0.717, 1.165) is 15.9 Å². The maximum Gasteiger partial charge on any atom is 0.195 e. The first kappa shape index (κ1) is 10.6. The van der Waals surface area contributed by atoms with E-state index >= 15 is 0 Å². The largest absolute Gasteiger partial charge is 0.309 e. The Labute approximate surface area is 97.1 Å². The second-order valence-electron chi connectivity index (χ2n) is 3.18. The Kier molecular flexibility index (Phi) is 2.88. The first-order chi connectivity index (χ1) is 7.70. The molecule has 0 aliphatic rings. The van der Waals surface area contributed by atoms with Crippen LogP contribution < -0.4 is 0 Å². The number of nitriles is 1. The zero-order valence-corrected chi connectivity index (χ0v) is 9.69. The normalized spacial score (nSPS) is 10.1. The SMILES string of the molecule is Cc1nnc(Sc2ccnc(C#N)c2)n1C. The monoisotopic (exact) mass is 231 g/mol. The second-order valence-corrected chi connectivity index (χ2v) is 4.22. The summed E-state index contributed by atoms with van der Waals surface area (Å²) in [5.74, 6) is 0.858. The molecule has 2 rings (SSSR count). The lowest BCUT2D eigenvalue weighted by Gasteiger charge is -2.01. The summed E-state index contributed by atoms with van der Waals surface area (Å²) in [5, 5.41) is 17.5. The van der Waals surface area contributed by atoms with E-state index in [2.05, 4.69) is 15.2 Å². The smallest absolute Gasteiger partial charge is 0.195 e. The lowest BCUT2D eigenvalue weighted by molar-refractivity contribution is 0.765. The molecule has 5 nitrogen and oxygen atoms in total. The minimum absolute atomic E-state index is 0.406. The van der Waals surface area contributed by atoms with Crippen LogP contribution in [-0.2, 0) is 7.05 Å². The predicted octanol–water partition coefficient (Wildman–Crippen LogP) is 1.54. The first-order valence-electron chi connectivity index (χ1n) is 4.60. The van der Waals surface area contributed by atoms with Gasteiger partial charge in [-0.2, -0.15) is 5.26 Å². The molecule has 0 bridgehead atoms. The summed E-state index contributed by atoms with van der Waals surface area (Å²) >= 11 is 1.46. The molecule has 0 aliphatic heterocycles. The molecule has 2 aromatic heterocycles. The number of rotatable bonds is 2. The van der Waals surface area contributed by atoms with E-state index in [4.69, 9.17) is 5.26 Å². The molecule has 0 atom stereocenters. The minimum Gasteiger partial charge on any atom is -0.309 e. The Balaban J connectivity index is 2.27. The summed E-state index contributed by atoms with van der Waals surface area (Å²) in [5.41, 5.74) is 0.406. The van der Waals surface area contributed by atoms with Crippen molar-refractivity contribution < 1.29 is 0 Å². The van der Waals surface area contributed by atoms with Gasteiger partial charge in [0.1, 0.15) is 17.6 Å². The summed E-state index contributed by atoms with van der Waals surface area (Å²) in [6.45, 7) is 1.89. The maximum absolute atomic E-state index is 8.73. The summed E-state index contributed by atoms with van der Waals surface area (Å²) < 4.78 is 1.90. The maximum atomic E-state index is 8.73. The zero-order valence-electron chi connectivity index (χ0n) is 8.88. The van der Waals surface area contributed by atoms with Crippen LogP contribution in [-0.4, -0.2) is 19.7 Å². The van der Waals surface area contributed by atoms with Crippen molar-refractivity contribution in [2.24, 2.45) is 7.05 Å². The molecular weight excluding hydrogens is 222 g/mol. The summed E-state index contributed by atoms with van der Waals surface area (Å²) in [4.78, 5) is 4.84. The number of nitrogens with zero attached hydrogens (tertiary/aromatic N) is 5. The molecule has 2 heterocycles. The van der Waals surface area contributed by atoms with Gasteiger partial charge in [0.05, 0.1) is 0 Å². The van der Waals surface area contributed by atoms with Crippen LogP contribution in [0.1, 0.15) is 11.5 Å². The Morgan fingerprint density at radius 3 is 2.88 bits per heavy atom. The average Bonchev–Trinajstić information content (AvgIpc) is 2.61. The van der Waals surface area contributed by atoms with E-state index in [9.17, 15) is 0 Å². The molecular formula is C10H9N5S. The van der Waals surface area contributed by atoms with Crippen molar-refractivity contribution in [2.45, 2.75) is 17.0 Å². The molecule has 0 fully saturated rings. The number of pyridine rings is 1. The third-order valence-corrected chi connectivity index (χ3v) is 3.14. The summed E-state index contributed by atoms with van der Waals surface area (Å²) in [6.07, 6.45) is 1.62. The van der Waals surface area contributed by atoms with E-state index in [0.29, 0.717) is 5.69 Å². The topological polar surface area (TPSA) is 67.4 Å². The van der Waals surface area contributed by atoms with Crippen molar-refractivity contribution in [1.29, 1.82) is 5.26 Å². The Bertz CT molecular complexity index is 555. The highest BCUT2D eigenvalue weighted by molar-refractivity contribution is 7.99. The molecule has 0 N–H and O–H groups in total. The lowest BCUT2D eigenvalue weighted by Crippen LogP contribution is -1.93. The van der Waals surface area contributed by atoms with Crippen LogP contribution in [0.4, 0.5) is 0 Å². The number of hydrogen-bond acceptors (Lipinski definition) is 5. The van der Waals surface area contributed by atoms with E-state index < -0.39 is 0 Å². The van der Waals surface area contributed by atoms with Crippen molar-refractivity contribution in [3.8, 4) is 6.07 Å². The molecule has 0 aliphatic carbocycles. The highest BCUT2D eigenvalue weighted by Crippen LogP contribution is 2.25. The summed E-state index contributed by atoms with van der Waals surface area (Å²) in [7, 11) is 1.91. The van der Waals surface area contributed by atoms with Crippen LogP contribution in [0.15, 0.2) is 28.4 Å². The number of aromatic nitrogens is 4. The van der Waals surface area contributed by atoms with Crippen LogP contribution in [0.25, 0.3) is 0 Å². The van der Waals surface area contributed by atoms with Gasteiger partial charge < -0.3 is 4.57 Å². The summed E-state index contributed by atoms with van der Waals surface area (Å²) in [6, 6.07) is 5.58. The fraction of sp³-hybridized carbons (Fsp3) is 0.200. The first-order valence-corrected chi connectivity index (χ1v) is 5.42. The highest BCUT2D eigenvalue weighted by Gasteiger charge is 2.07. The number of aryl methyl sites for hydroxylation is 1. The Morgan fingerprint density at radius 2 is 2.25 bits per heavy atom. The van der Waals surface area contributed by atoms with Gasteiger partial charge in [-0.3, -0.25) is 0 Å². The lowest BCUT2D eigenvalue weighted by atomic mass is 10.4. The van der Waals surface area contributed by atoms with E-state index in [1.165, 1.54) is 11.8 Å². The molecule has 2 aromatic rings. The highest BCUT2D eigenvalue weighted by atomic mass is 32.2. The van der Waals surface area contributed by atoms with E-state index in [1.54, 1.807) is 12.3 Å². The predicted molar refractivity (Wildman–Crippen MR) is 58.8 cm³/mol. The molecule has 6 heteroatoms. The van der Waals surface area contributed by atoms with Crippen LogP contribution in [0.3, 0.4) is 0 Å². The van der Waals surface area contributed by atoms with Crippen LogP contribution in [0.2, 0.25) is 0 Å². The molecule has 0 unspecified atom stereocenters. The van der Waals surface area contributed by atoms with Gasteiger partial charge in [-0.05, 0) is 30.8 Å².